The molecule has 4 nitrogen and oxygen atoms in total. The Hall–Kier alpha value is -2.23. The van der Waals surface area contributed by atoms with E-state index >= 15 is 0 Å². The molecule has 5 rings (SSSR count). The van der Waals surface area contributed by atoms with Crippen molar-refractivity contribution in [1.82, 2.24) is 0 Å². The van der Waals surface area contributed by atoms with Crippen molar-refractivity contribution in [3.05, 3.63) is 49.7 Å². The third-order valence-electron chi connectivity index (χ3n) is 7.06. The van der Waals surface area contributed by atoms with Crippen LogP contribution in [-0.2, 0) is 22.4 Å². The van der Waals surface area contributed by atoms with Crippen LogP contribution in [0.1, 0.15) is 86.3 Å². The second-order valence-corrected chi connectivity index (χ2v) is 11.9. The highest BCUT2D eigenvalue weighted by Crippen LogP contribution is 2.51. The van der Waals surface area contributed by atoms with Crippen molar-refractivity contribution in [1.29, 1.82) is 5.26 Å². The van der Waals surface area contributed by atoms with Crippen LogP contribution >= 0.6 is 22.7 Å². The van der Waals surface area contributed by atoms with Crippen molar-refractivity contribution in [3.63, 3.8) is 0 Å². The molecule has 0 radical (unpaired) electrons. The molecule has 1 amide bonds. The molecule has 6 heteroatoms. The van der Waals surface area contributed by atoms with Gasteiger partial charge in [0.1, 0.15) is 11.1 Å². The summed E-state index contributed by atoms with van der Waals surface area (Å²) in [6.45, 7) is 4.20. The molecule has 1 aliphatic heterocycles. The van der Waals surface area contributed by atoms with Gasteiger partial charge >= 0.3 is 0 Å². The van der Waals surface area contributed by atoms with Gasteiger partial charge in [0.05, 0.1) is 5.56 Å². The topological polar surface area (TPSA) is 61.2 Å². The van der Waals surface area contributed by atoms with Gasteiger partial charge < -0.3 is 0 Å². The molecule has 2 aromatic heterocycles. The molecule has 0 saturated heterocycles. The first-order valence-corrected chi connectivity index (χ1v) is 13.3. The lowest BCUT2D eigenvalue weighted by molar-refractivity contribution is -0.120. The number of nitriles is 1. The largest absolute Gasteiger partial charge is 0.294 e. The number of anilines is 1. The van der Waals surface area contributed by atoms with Gasteiger partial charge in [0.2, 0.25) is 5.91 Å². The Labute approximate surface area is 197 Å². The van der Waals surface area contributed by atoms with Gasteiger partial charge in [-0.05, 0) is 65.5 Å². The normalized spacial score (nSPS) is 23.3. The van der Waals surface area contributed by atoms with Crippen LogP contribution < -0.4 is 4.90 Å². The molecule has 1 atom stereocenters. The molecule has 3 heterocycles. The molecule has 2 aromatic rings. The summed E-state index contributed by atoms with van der Waals surface area (Å²) < 4.78 is 0. The maximum atomic E-state index is 13.7. The van der Waals surface area contributed by atoms with Crippen molar-refractivity contribution >= 4 is 39.4 Å². The standard InChI is InChI=1S/C26H28N2O2S2/c1-26(2)12-20-24(21(29)13-26)18(16-9-10-31-15-16)11-23(30)28(20)25-19(14-27)17-7-5-3-4-6-8-22(17)32-25/h9-10,15,18H,3-8,11-13H2,1-2H3. The number of hydrogen-bond donors (Lipinski definition) is 0. The Morgan fingerprint density at radius 2 is 1.91 bits per heavy atom. The van der Waals surface area contributed by atoms with Crippen molar-refractivity contribution < 1.29 is 9.59 Å². The third-order valence-corrected chi connectivity index (χ3v) is 9.03. The Kier molecular flexibility index (Phi) is 5.59. The second kappa shape index (κ2) is 8.28. The van der Waals surface area contributed by atoms with Gasteiger partial charge in [-0.1, -0.05) is 26.7 Å². The Balaban J connectivity index is 1.69. The average molecular weight is 465 g/mol. The van der Waals surface area contributed by atoms with Gasteiger partial charge in [0.15, 0.2) is 5.78 Å². The Bertz CT molecular complexity index is 1150. The van der Waals surface area contributed by atoms with Crippen LogP contribution in [0.15, 0.2) is 28.1 Å². The molecule has 3 aliphatic rings. The molecule has 32 heavy (non-hydrogen) atoms. The highest BCUT2D eigenvalue weighted by molar-refractivity contribution is 7.16. The number of amides is 1. The zero-order valence-electron chi connectivity index (χ0n) is 18.7. The third kappa shape index (κ3) is 3.66. The summed E-state index contributed by atoms with van der Waals surface area (Å²) >= 11 is 3.21. The van der Waals surface area contributed by atoms with Crippen LogP contribution in [0.3, 0.4) is 0 Å². The number of carbonyl (C=O) groups excluding carboxylic acids is 2. The maximum absolute atomic E-state index is 13.7. The first kappa shape index (κ1) is 21.6. The van der Waals surface area contributed by atoms with Gasteiger partial charge in [-0.2, -0.15) is 16.6 Å². The number of allylic oxidation sites excluding steroid dienone is 2. The zero-order chi connectivity index (χ0) is 22.5. The lowest BCUT2D eigenvalue weighted by atomic mass is 9.69. The fourth-order valence-electron chi connectivity index (χ4n) is 5.59. The van der Waals surface area contributed by atoms with E-state index in [1.807, 2.05) is 11.4 Å². The predicted octanol–water partition coefficient (Wildman–Crippen LogP) is 6.50. The van der Waals surface area contributed by atoms with Crippen LogP contribution in [0.5, 0.6) is 0 Å². The Morgan fingerprint density at radius 1 is 1.12 bits per heavy atom. The monoisotopic (exact) mass is 464 g/mol. The van der Waals surface area contributed by atoms with E-state index in [4.69, 9.17) is 0 Å². The van der Waals surface area contributed by atoms with Crippen molar-refractivity contribution in [2.75, 3.05) is 4.90 Å². The fraction of sp³-hybridized carbons (Fsp3) is 0.500. The van der Waals surface area contributed by atoms with Crippen molar-refractivity contribution in [2.45, 2.75) is 77.6 Å². The highest BCUT2D eigenvalue weighted by atomic mass is 32.1. The number of hydrogen-bond acceptors (Lipinski definition) is 5. The van der Waals surface area contributed by atoms with Crippen LogP contribution in [0.25, 0.3) is 0 Å². The van der Waals surface area contributed by atoms with Gasteiger partial charge in [0.25, 0.3) is 0 Å². The summed E-state index contributed by atoms with van der Waals surface area (Å²) in [5.41, 5.74) is 4.29. The first-order valence-electron chi connectivity index (χ1n) is 11.6. The molecular formula is C26H28N2O2S2. The van der Waals surface area contributed by atoms with Crippen LogP contribution in [0, 0.1) is 16.7 Å². The second-order valence-electron chi connectivity index (χ2n) is 10.1. The van der Waals surface area contributed by atoms with E-state index in [-0.39, 0.29) is 29.4 Å². The maximum Gasteiger partial charge on any atom is 0.232 e. The number of rotatable bonds is 2. The molecule has 2 aliphatic carbocycles. The molecule has 0 aromatic carbocycles. The number of thiophene rings is 2. The summed E-state index contributed by atoms with van der Waals surface area (Å²) in [5.74, 6) is -0.00956. The van der Waals surface area contributed by atoms with E-state index in [1.54, 1.807) is 27.6 Å². The van der Waals surface area contributed by atoms with Crippen LogP contribution in [0.2, 0.25) is 0 Å². The van der Waals surface area contributed by atoms with Gasteiger partial charge in [0, 0.05) is 34.9 Å². The minimum Gasteiger partial charge on any atom is -0.294 e. The lowest BCUT2D eigenvalue weighted by Gasteiger charge is -2.42. The number of Topliss-reactive ketones (excluding diaryl/α,β-unsaturated/α-hetero) is 1. The number of ketones is 1. The Morgan fingerprint density at radius 3 is 2.62 bits per heavy atom. The van der Waals surface area contributed by atoms with Gasteiger partial charge in [-0.3, -0.25) is 14.5 Å². The molecule has 1 unspecified atom stereocenters. The molecule has 0 saturated carbocycles. The molecule has 0 spiro atoms. The number of fused-ring (bicyclic) bond motifs is 1. The van der Waals surface area contributed by atoms with E-state index in [1.165, 1.54) is 17.7 Å². The van der Waals surface area contributed by atoms with Crippen molar-refractivity contribution in [3.8, 4) is 6.07 Å². The number of carbonyl (C=O) groups is 2. The van der Waals surface area contributed by atoms with E-state index in [0.717, 1.165) is 53.1 Å². The number of aryl methyl sites for hydroxylation is 1. The van der Waals surface area contributed by atoms with Gasteiger partial charge in [-0.25, -0.2) is 0 Å². The SMILES string of the molecule is CC1(C)CC(=O)C2=C(C1)N(c1sc3c(c1C#N)CCCCCC3)C(=O)CC2c1ccsc1. The molecular weight excluding hydrogens is 436 g/mol. The minimum absolute atomic E-state index is 0.0103. The van der Waals surface area contributed by atoms with E-state index in [9.17, 15) is 14.9 Å². The molecule has 166 valence electrons. The van der Waals surface area contributed by atoms with Crippen molar-refractivity contribution in [2.24, 2.45) is 5.41 Å². The van der Waals surface area contributed by atoms with Crippen LogP contribution in [-0.4, -0.2) is 11.7 Å². The molecule has 0 bridgehead atoms. The molecule has 0 fully saturated rings. The summed E-state index contributed by atoms with van der Waals surface area (Å²) in [6.07, 6.45) is 7.98. The summed E-state index contributed by atoms with van der Waals surface area (Å²) in [4.78, 5) is 30.1. The average Bonchev–Trinajstić information content (AvgIpc) is 3.34. The molecule has 0 N–H and O–H groups in total. The van der Waals surface area contributed by atoms with E-state index in [2.05, 4.69) is 25.3 Å². The minimum atomic E-state index is -0.205. The summed E-state index contributed by atoms with van der Waals surface area (Å²) in [5, 5.41) is 15.0. The van der Waals surface area contributed by atoms with E-state index in [0.29, 0.717) is 18.4 Å². The first-order chi connectivity index (χ1) is 15.4. The smallest absolute Gasteiger partial charge is 0.232 e. The van der Waals surface area contributed by atoms with Gasteiger partial charge in [-0.15, -0.1) is 11.3 Å². The fourth-order valence-corrected chi connectivity index (χ4v) is 7.68. The highest BCUT2D eigenvalue weighted by Gasteiger charge is 2.45. The zero-order valence-corrected chi connectivity index (χ0v) is 20.3. The summed E-state index contributed by atoms with van der Waals surface area (Å²) in [6, 6.07) is 4.48. The number of nitrogens with zero attached hydrogens (tertiary/aromatic N) is 2. The predicted molar refractivity (Wildman–Crippen MR) is 129 cm³/mol. The lowest BCUT2D eigenvalue weighted by Crippen LogP contribution is -2.43. The van der Waals surface area contributed by atoms with Crippen LogP contribution in [0.4, 0.5) is 5.00 Å². The quantitative estimate of drug-likeness (QED) is 0.509. The summed E-state index contributed by atoms with van der Waals surface area (Å²) in [7, 11) is 0. The van der Waals surface area contributed by atoms with E-state index < -0.39 is 0 Å².